The van der Waals surface area contributed by atoms with Crippen LogP contribution in [0, 0.1) is 10.8 Å². The molecule has 0 saturated carbocycles. The Labute approximate surface area is 157 Å². The van der Waals surface area contributed by atoms with E-state index in [0.717, 1.165) is 0 Å². The van der Waals surface area contributed by atoms with E-state index in [1.165, 1.54) is 6.92 Å². The molecule has 0 amide bonds. The number of hydrogen-bond acceptors (Lipinski definition) is 11. The van der Waals surface area contributed by atoms with Crippen LogP contribution >= 0.6 is 17.2 Å². The Hall–Kier alpha value is 0.420. The maximum absolute atomic E-state index is 8.43. The molecule has 0 aromatic heterocycles. The largest absolute Gasteiger partial charge is 0.396 e. The van der Waals surface area contributed by atoms with Crippen molar-refractivity contribution in [1.82, 2.24) is 0 Å². The van der Waals surface area contributed by atoms with E-state index in [2.05, 4.69) is 4.31 Å². The maximum Gasteiger partial charge on any atom is 0.334 e. The van der Waals surface area contributed by atoms with E-state index in [-0.39, 0.29) is 43.9 Å². The molecule has 0 aromatic carbocycles. The summed E-state index contributed by atoms with van der Waals surface area (Å²) >= 11 is 0. The van der Waals surface area contributed by atoms with Crippen molar-refractivity contribution in [1.29, 1.82) is 0 Å². The SMILES string of the molecule is CC(C)(CO)CO.CC(C)(CO)CO.CC(O)CO.OP(O)OP(O)O. The van der Waals surface area contributed by atoms with Gasteiger partial charge in [0, 0.05) is 10.8 Å². The first kappa shape index (κ1) is 34.0. The molecule has 11 nitrogen and oxygen atoms in total. The monoisotopic (exact) mass is 430 g/mol. The first-order valence-electron chi connectivity index (χ1n) is 7.40. The van der Waals surface area contributed by atoms with E-state index in [1.54, 1.807) is 27.7 Å². The van der Waals surface area contributed by atoms with Crippen molar-refractivity contribution in [3.63, 3.8) is 0 Å². The molecule has 0 bridgehead atoms. The second-order valence-electron chi connectivity index (χ2n) is 6.58. The molecule has 0 heterocycles. The van der Waals surface area contributed by atoms with Gasteiger partial charge >= 0.3 is 17.2 Å². The Balaban J connectivity index is -0.000000125. The van der Waals surface area contributed by atoms with Crippen LogP contribution in [0.5, 0.6) is 0 Å². The molecule has 0 aliphatic carbocycles. The van der Waals surface area contributed by atoms with Gasteiger partial charge in [-0.05, 0) is 6.92 Å². The van der Waals surface area contributed by atoms with Crippen LogP contribution in [-0.2, 0) is 4.31 Å². The minimum Gasteiger partial charge on any atom is -0.396 e. The summed E-state index contributed by atoms with van der Waals surface area (Å²) in [6.45, 7) is 8.76. The van der Waals surface area contributed by atoms with Gasteiger partial charge in [-0.3, -0.25) is 0 Å². The smallest absolute Gasteiger partial charge is 0.334 e. The molecule has 0 fully saturated rings. The van der Waals surface area contributed by atoms with Gasteiger partial charge in [-0.25, -0.2) is 4.31 Å². The fraction of sp³-hybridized carbons (Fsp3) is 1.00. The van der Waals surface area contributed by atoms with Crippen LogP contribution in [0.25, 0.3) is 0 Å². The van der Waals surface area contributed by atoms with E-state index in [0.29, 0.717) is 0 Å². The zero-order valence-electron chi connectivity index (χ0n) is 15.9. The van der Waals surface area contributed by atoms with Gasteiger partial charge in [0.2, 0.25) is 0 Å². The van der Waals surface area contributed by atoms with Crippen LogP contribution in [0.3, 0.4) is 0 Å². The van der Waals surface area contributed by atoms with Gasteiger partial charge in [0.15, 0.2) is 0 Å². The van der Waals surface area contributed by atoms with Crippen molar-refractivity contribution in [3.05, 3.63) is 0 Å². The normalized spacial score (nSPS) is 12.3. The van der Waals surface area contributed by atoms with Gasteiger partial charge in [-0.2, -0.15) is 0 Å². The van der Waals surface area contributed by atoms with Crippen molar-refractivity contribution < 1.29 is 54.5 Å². The Morgan fingerprint density at radius 3 is 0.885 bits per heavy atom. The maximum atomic E-state index is 8.43. The van der Waals surface area contributed by atoms with E-state index in [4.69, 9.17) is 50.2 Å². The van der Waals surface area contributed by atoms with Gasteiger partial charge in [-0.1, -0.05) is 27.7 Å². The van der Waals surface area contributed by atoms with Crippen molar-refractivity contribution in [2.24, 2.45) is 10.8 Å². The minimum atomic E-state index is -2.61. The molecular weight excluding hydrogens is 394 g/mol. The Kier molecular flexibility index (Phi) is 26.3. The van der Waals surface area contributed by atoms with E-state index >= 15 is 0 Å². The molecule has 13 heteroatoms. The van der Waals surface area contributed by atoms with Crippen molar-refractivity contribution in [2.75, 3.05) is 33.0 Å². The predicted octanol–water partition coefficient (Wildman–Crippen LogP) is -1.22. The van der Waals surface area contributed by atoms with E-state index < -0.39 is 23.3 Å². The average molecular weight is 430 g/mol. The Morgan fingerprint density at radius 1 is 0.692 bits per heavy atom. The van der Waals surface area contributed by atoms with Crippen LogP contribution in [0.4, 0.5) is 0 Å². The van der Waals surface area contributed by atoms with Crippen molar-refractivity contribution in [2.45, 2.75) is 40.7 Å². The molecule has 0 rings (SSSR count). The van der Waals surface area contributed by atoms with Gasteiger partial charge in [0.05, 0.1) is 39.1 Å². The summed E-state index contributed by atoms with van der Waals surface area (Å²) in [7, 11) is -5.22. The van der Waals surface area contributed by atoms with Crippen molar-refractivity contribution >= 4 is 17.2 Å². The highest BCUT2D eigenvalue weighted by Crippen LogP contribution is 2.41. The van der Waals surface area contributed by atoms with Crippen LogP contribution in [0.1, 0.15) is 34.6 Å². The average Bonchev–Trinajstić information content (AvgIpc) is 2.55. The lowest BCUT2D eigenvalue weighted by Crippen LogP contribution is -2.20. The summed E-state index contributed by atoms with van der Waals surface area (Å²) < 4.78 is 3.60. The number of hydrogen-bond donors (Lipinski definition) is 10. The molecular formula is C13H36O11P2. The van der Waals surface area contributed by atoms with Crippen LogP contribution in [0.15, 0.2) is 0 Å². The van der Waals surface area contributed by atoms with E-state index in [9.17, 15) is 0 Å². The van der Waals surface area contributed by atoms with Crippen LogP contribution in [-0.4, -0.2) is 89.4 Å². The predicted molar refractivity (Wildman–Crippen MR) is 98.5 cm³/mol. The summed E-state index contributed by atoms with van der Waals surface area (Å²) in [5.74, 6) is 0. The third kappa shape index (κ3) is 39.5. The van der Waals surface area contributed by atoms with Gasteiger partial charge in [0.1, 0.15) is 0 Å². The van der Waals surface area contributed by atoms with Gasteiger partial charge in [0.25, 0.3) is 0 Å². The molecule has 0 aromatic rings. The molecule has 10 N–H and O–H groups in total. The standard InChI is InChI=1S/2C5H12O2.C3H8O2.H4O5P2/c2*1-5(2,3-6)4-7;1-3(5)2-4;1-6(2)5-7(3)4/h2*6-7H,3-4H2,1-2H3;3-5H,2H2,1H3;1-4H. The summed E-state index contributed by atoms with van der Waals surface area (Å²) in [5, 5.41) is 49.7. The number of rotatable bonds is 7. The zero-order valence-corrected chi connectivity index (χ0v) is 17.7. The zero-order chi connectivity index (χ0) is 22.0. The second-order valence-corrected chi connectivity index (χ2v) is 8.24. The molecule has 26 heavy (non-hydrogen) atoms. The summed E-state index contributed by atoms with van der Waals surface area (Å²) in [6.07, 6.45) is -0.560. The third-order valence-corrected chi connectivity index (χ3v) is 3.29. The van der Waals surface area contributed by atoms with Crippen molar-refractivity contribution in [3.8, 4) is 0 Å². The molecule has 1 atom stereocenters. The molecule has 0 radical (unpaired) electrons. The fourth-order valence-corrected chi connectivity index (χ4v) is 0.688. The Bertz CT molecular complexity index is 243. The second kappa shape index (κ2) is 20.2. The first-order valence-corrected chi connectivity index (χ1v) is 9.73. The summed E-state index contributed by atoms with van der Waals surface area (Å²) in [4.78, 5) is 31.3. The molecule has 0 saturated heterocycles. The highest BCUT2D eigenvalue weighted by Gasteiger charge is 2.13. The van der Waals surface area contributed by atoms with Crippen LogP contribution in [0.2, 0.25) is 0 Å². The molecule has 0 aliphatic rings. The Morgan fingerprint density at radius 2 is 0.885 bits per heavy atom. The highest BCUT2D eigenvalue weighted by atomic mass is 31.2. The topological polar surface area (TPSA) is 212 Å². The lowest BCUT2D eigenvalue weighted by Gasteiger charge is -2.16. The fourth-order valence-electron chi connectivity index (χ4n) is 0.165. The quantitative estimate of drug-likeness (QED) is 0.216. The van der Waals surface area contributed by atoms with E-state index in [1.807, 2.05) is 0 Å². The van der Waals surface area contributed by atoms with Gasteiger partial charge in [-0.15, -0.1) is 0 Å². The number of aliphatic hydroxyl groups excluding tert-OH is 6. The lowest BCUT2D eigenvalue weighted by atomic mass is 9.97. The molecule has 164 valence electrons. The molecule has 1 unspecified atom stereocenters. The third-order valence-electron chi connectivity index (χ3n) is 2.12. The molecule has 0 spiro atoms. The lowest BCUT2D eigenvalue weighted by molar-refractivity contribution is 0.0855. The highest BCUT2D eigenvalue weighted by molar-refractivity contribution is 7.53. The minimum absolute atomic E-state index is 0.0451. The molecule has 0 aliphatic heterocycles. The first-order chi connectivity index (χ1) is 11.6. The van der Waals surface area contributed by atoms with Crippen LogP contribution < -0.4 is 0 Å². The number of aliphatic hydroxyl groups is 6. The summed E-state index contributed by atoms with van der Waals surface area (Å²) in [6, 6.07) is 0. The van der Waals surface area contributed by atoms with Gasteiger partial charge < -0.3 is 50.2 Å². The summed E-state index contributed by atoms with van der Waals surface area (Å²) in [5.41, 5.74) is -0.611.